The summed E-state index contributed by atoms with van der Waals surface area (Å²) in [6.45, 7) is 1.76. The van der Waals surface area contributed by atoms with Gasteiger partial charge in [0.1, 0.15) is 17.3 Å². The number of non-ortho nitro benzene ring substituents is 1. The van der Waals surface area contributed by atoms with Crippen LogP contribution >= 0.6 is 0 Å². The van der Waals surface area contributed by atoms with Crippen LogP contribution in [0.5, 0.6) is 0 Å². The molecule has 0 aliphatic carbocycles. The predicted molar refractivity (Wildman–Crippen MR) is 74.2 cm³/mol. The van der Waals surface area contributed by atoms with E-state index in [9.17, 15) is 19.3 Å². The van der Waals surface area contributed by atoms with E-state index in [1.807, 2.05) is 0 Å². The van der Waals surface area contributed by atoms with Gasteiger partial charge in [0, 0.05) is 18.2 Å². The summed E-state index contributed by atoms with van der Waals surface area (Å²) in [5.41, 5.74) is -0.563. The van der Waals surface area contributed by atoms with Gasteiger partial charge in [0.15, 0.2) is 0 Å². The van der Waals surface area contributed by atoms with Crippen LogP contribution in [0.1, 0.15) is 11.5 Å². The molecule has 0 spiro atoms. The zero-order chi connectivity index (χ0) is 15.4. The second kappa shape index (κ2) is 6.00. The Kier molecular flexibility index (Phi) is 4.13. The summed E-state index contributed by atoms with van der Waals surface area (Å²) >= 11 is 0. The Hall–Kier alpha value is -2.96. The molecule has 0 fully saturated rings. The highest BCUT2D eigenvalue weighted by molar-refractivity contribution is 6.02. The molecule has 2 rings (SSSR count). The van der Waals surface area contributed by atoms with E-state index in [2.05, 4.69) is 5.32 Å². The zero-order valence-corrected chi connectivity index (χ0v) is 11.0. The minimum Gasteiger partial charge on any atom is -0.462 e. The number of nitro groups is 1. The van der Waals surface area contributed by atoms with E-state index in [0.717, 1.165) is 24.3 Å². The Bertz CT molecular complexity index is 722. The highest BCUT2D eigenvalue weighted by atomic mass is 19.1. The lowest BCUT2D eigenvalue weighted by atomic mass is 10.2. The van der Waals surface area contributed by atoms with Gasteiger partial charge in [-0.15, -0.1) is 0 Å². The summed E-state index contributed by atoms with van der Waals surface area (Å²) in [5.74, 6) is -0.207. The SMILES string of the molecule is Cc1ccc(C=CC(=O)Nc2cc([N+](=O)[O-])ccc2F)o1. The molecule has 1 aromatic heterocycles. The van der Waals surface area contributed by atoms with Crippen molar-refractivity contribution in [1.29, 1.82) is 0 Å². The van der Waals surface area contributed by atoms with Crippen molar-refractivity contribution in [2.24, 2.45) is 0 Å². The van der Waals surface area contributed by atoms with Crippen LogP contribution in [0.25, 0.3) is 6.08 Å². The van der Waals surface area contributed by atoms with E-state index in [1.54, 1.807) is 19.1 Å². The molecule has 0 aliphatic heterocycles. The maximum atomic E-state index is 13.5. The molecule has 0 saturated heterocycles. The summed E-state index contributed by atoms with van der Waals surface area (Å²) in [6.07, 6.45) is 2.56. The first-order valence-corrected chi connectivity index (χ1v) is 5.95. The number of anilines is 1. The van der Waals surface area contributed by atoms with Gasteiger partial charge in [-0.3, -0.25) is 14.9 Å². The van der Waals surface area contributed by atoms with Crippen LogP contribution in [0.4, 0.5) is 15.8 Å². The maximum Gasteiger partial charge on any atom is 0.271 e. The van der Waals surface area contributed by atoms with Gasteiger partial charge < -0.3 is 9.73 Å². The molecule has 0 unspecified atom stereocenters. The Morgan fingerprint density at radius 1 is 1.38 bits per heavy atom. The molecule has 6 nitrogen and oxygen atoms in total. The number of furan rings is 1. The number of benzene rings is 1. The average molecular weight is 290 g/mol. The largest absolute Gasteiger partial charge is 0.462 e. The topological polar surface area (TPSA) is 85.4 Å². The molecule has 0 radical (unpaired) electrons. The van der Waals surface area contributed by atoms with Crippen molar-refractivity contribution in [2.45, 2.75) is 6.92 Å². The van der Waals surface area contributed by atoms with Crippen molar-refractivity contribution in [1.82, 2.24) is 0 Å². The fraction of sp³-hybridized carbons (Fsp3) is 0.0714. The summed E-state index contributed by atoms with van der Waals surface area (Å²) < 4.78 is 18.7. The number of halogens is 1. The number of nitrogens with one attached hydrogen (secondary N) is 1. The third kappa shape index (κ3) is 3.75. The monoisotopic (exact) mass is 290 g/mol. The molecular formula is C14H11FN2O4. The van der Waals surface area contributed by atoms with E-state index < -0.39 is 16.6 Å². The number of hydrogen-bond donors (Lipinski definition) is 1. The van der Waals surface area contributed by atoms with E-state index in [4.69, 9.17) is 4.42 Å². The Morgan fingerprint density at radius 2 is 2.14 bits per heavy atom. The summed E-state index contributed by atoms with van der Waals surface area (Å²) in [6, 6.07) is 6.31. The van der Waals surface area contributed by atoms with Gasteiger partial charge in [0.05, 0.1) is 10.6 Å². The molecule has 1 amide bonds. The van der Waals surface area contributed by atoms with Crippen LogP contribution in [0, 0.1) is 22.9 Å². The number of hydrogen-bond acceptors (Lipinski definition) is 4. The van der Waals surface area contributed by atoms with Crippen LogP contribution in [0.2, 0.25) is 0 Å². The van der Waals surface area contributed by atoms with Crippen molar-refractivity contribution in [3.8, 4) is 0 Å². The molecule has 21 heavy (non-hydrogen) atoms. The molecule has 7 heteroatoms. The Labute approximate surface area is 119 Å². The zero-order valence-electron chi connectivity index (χ0n) is 11.0. The molecule has 0 bridgehead atoms. The van der Waals surface area contributed by atoms with E-state index in [0.29, 0.717) is 11.5 Å². The molecule has 1 N–H and O–H groups in total. The van der Waals surface area contributed by atoms with Gasteiger partial charge in [-0.05, 0) is 31.2 Å². The molecule has 0 aliphatic rings. The van der Waals surface area contributed by atoms with Gasteiger partial charge in [-0.25, -0.2) is 4.39 Å². The fourth-order valence-electron chi connectivity index (χ4n) is 1.60. The lowest BCUT2D eigenvalue weighted by Crippen LogP contribution is -2.09. The smallest absolute Gasteiger partial charge is 0.271 e. The Morgan fingerprint density at radius 3 is 2.76 bits per heavy atom. The van der Waals surface area contributed by atoms with Crippen molar-refractivity contribution in [3.63, 3.8) is 0 Å². The van der Waals surface area contributed by atoms with Crippen LogP contribution in [0.15, 0.2) is 40.8 Å². The molecule has 0 saturated carbocycles. The van der Waals surface area contributed by atoms with Gasteiger partial charge in [0.2, 0.25) is 5.91 Å². The van der Waals surface area contributed by atoms with Gasteiger partial charge in [0.25, 0.3) is 5.69 Å². The normalized spacial score (nSPS) is 10.8. The third-order valence-corrected chi connectivity index (χ3v) is 2.58. The molecule has 0 atom stereocenters. The second-order valence-corrected chi connectivity index (χ2v) is 4.19. The quantitative estimate of drug-likeness (QED) is 0.532. The van der Waals surface area contributed by atoms with Crippen LogP contribution < -0.4 is 5.32 Å². The van der Waals surface area contributed by atoms with Crippen LogP contribution in [-0.4, -0.2) is 10.8 Å². The fourth-order valence-corrected chi connectivity index (χ4v) is 1.60. The number of carbonyl (C=O) groups excluding carboxylic acids is 1. The van der Waals surface area contributed by atoms with Crippen LogP contribution in [-0.2, 0) is 4.79 Å². The first-order valence-electron chi connectivity index (χ1n) is 5.95. The number of carbonyl (C=O) groups is 1. The van der Waals surface area contributed by atoms with E-state index >= 15 is 0 Å². The van der Waals surface area contributed by atoms with Gasteiger partial charge >= 0.3 is 0 Å². The van der Waals surface area contributed by atoms with Crippen molar-refractivity contribution in [3.05, 3.63) is 63.9 Å². The van der Waals surface area contributed by atoms with E-state index in [-0.39, 0.29) is 11.4 Å². The van der Waals surface area contributed by atoms with Crippen molar-refractivity contribution in [2.75, 3.05) is 5.32 Å². The molecular weight excluding hydrogens is 279 g/mol. The molecule has 1 aromatic carbocycles. The number of aryl methyl sites for hydroxylation is 1. The molecule has 1 heterocycles. The first-order chi connectivity index (χ1) is 9.95. The van der Waals surface area contributed by atoms with Crippen molar-refractivity contribution >= 4 is 23.4 Å². The highest BCUT2D eigenvalue weighted by Gasteiger charge is 2.12. The lowest BCUT2D eigenvalue weighted by Gasteiger charge is -2.03. The van der Waals surface area contributed by atoms with Crippen molar-refractivity contribution < 1.29 is 18.5 Å². The standard InChI is InChI=1S/C14H11FN2O4/c1-9-2-4-11(21-9)5-7-14(18)16-13-8-10(17(19)20)3-6-12(13)15/h2-8H,1H3,(H,16,18). The highest BCUT2D eigenvalue weighted by Crippen LogP contribution is 2.21. The molecule has 2 aromatic rings. The minimum atomic E-state index is -0.754. The predicted octanol–water partition coefficient (Wildman–Crippen LogP) is 3.29. The number of nitro benzene ring substituents is 1. The number of rotatable bonds is 4. The van der Waals surface area contributed by atoms with Gasteiger partial charge in [-0.2, -0.15) is 0 Å². The molecule has 108 valence electrons. The Balaban J connectivity index is 2.10. The van der Waals surface area contributed by atoms with Gasteiger partial charge in [-0.1, -0.05) is 0 Å². The summed E-state index contributed by atoms with van der Waals surface area (Å²) in [5, 5.41) is 12.8. The summed E-state index contributed by atoms with van der Waals surface area (Å²) in [7, 11) is 0. The maximum absolute atomic E-state index is 13.5. The number of nitrogens with zero attached hydrogens (tertiary/aromatic N) is 1. The number of amides is 1. The second-order valence-electron chi connectivity index (χ2n) is 4.19. The van der Waals surface area contributed by atoms with Crippen LogP contribution in [0.3, 0.4) is 0 Å². The summed E-state index contributed by atoms with van der Waals surface area (Å²) in [4.78, 5) is 21.6. The minimum absolute atomic E-state index is 0.255. The third-order valence-electron chi connectivity index (χ3n) is 2.58. The first kappa shape index (κ1) is 14.4. The lowest BCUT2D eigenvalue weighted by molar-refractivity contribution is -0.384. The van der Waals surface area contributed by atoms with E-state index in [1.165, 1.54) is 6.08 Å². The average Bonchev–Trinajstić information content (AvgIpc) is 2.84.